The predicted molar refractivity (Wildman–Crippen MR) is 77.3 cm³/mol. The summed E-state index contributed by atoms with van der Waals surface area (Å²) in [7, 11) is 0. The lowest BCUT2D eigenvalue weighted by atomic mass is 10.2. The van der Waals surface area contributed by atoms with Crippen LogP contribution in [0.1, 0.15) is 18.1 Å². The molecule has 2 rings (SSSR count). The van der Waals surface area contributed by atoms with Crippen LogP contribution in [-0.4, -0.2) is 11.7 Å². The van der Waals surface area contributed by atoms with Crippen LogP contribution in [0.3, 0.4) is 0 Å². The van der Waals surface area contributed by atoms with E-state index in [9.17, 15) is 0 Å². The Bertz CT molecular complexity index is 508. The van der Waals surface area contributed by atoms with Crippen LogP contribution in [0.4, 0.5) is 5.69 Å². The Balaban J connectivity index is 1.94. The Morgan fingerprint density at radius 1 is 1.05 bits per heavy atom. The summed E-state index contributed by atoms with van der Waals surface area (Å²) in [4.78, 5) is 0. The number of hydrogen-bond acceptors (Lipinski definition) is 3. The largest absolute Gasteiger partial charge is 0.494 e. The van der Waals surface area contributed by atoms with Crippen molar-refractivity contribution < 1.29 is 9.84 Å². The van der Waals surface area contributed by atoms with Gasteiger partial charge in [-0.05, 0) is 42.3 Å². The van der Waals surface area contributed by atoms with Crippen LogP contribution in [0.15, 0.2) is 48.5 Å². The zero-order valence-corrected chi connectivity index (χ0v) is 11.1. The van der Waals surface area contributed by atoms with Crippen molar-refractivity contribution >= 4 is 5.69 Å². The van der Waals surface area contributed by atoms with Crippen molar-refractivity contribution in [3.63, 3.8) is 0 Å². The van der Waals surface area contributed by atoms with E-state index in [-0.39, 0.29) is 6.61 Å². The van der Waals surface area contributed by atoms with Crippen LogP contribution in [-0.2, 0) is 13.2 Å². The van der Waals surface area contributed by atoms with Gasteiger partial charge in [0, 0.05) is 12.2 Å². The van der Waals surface area contributed by atoms with E-state index >= 15 is 0 Å². The Hall–Kier alpha value is -2.00. The zero-order chi connectivity index (χ0) is 13.5. The fourth-order valence-electron chi connectivity index (χ4n) is 1.85. The maximum atomic E-state index is 9.09. The van der Waals surface area contributed by atoms with Crippen LogP contribution >= 0.6 is 0 Å². The molecule has 0 aliphatic carbocycles. The topological polar surface area (TPSA) is 41.5 Å². The van der Waals surface area contributed by atoms with E-state index in [4.69, 9.17) is 9.84 Å². The normalized spacial score (nSPS) is 10.2. The van der Waals surface area contributed by atoms with E-state index in [2.05, 4.69) is 5.32 Å². The molecule has 0 bridgehead atoms. The molecule has 0 saturated carbocycles. The third-order valence-electron chi connectivity index (χ3n) is 2.84. The average molecular weight is 257 g/mol. The summed E-state index contributed by atoms with van der Waals surface area (Å²) < 4.78 is 5.41. The summed E-state index contributed by atoms with van der Waals surface area (Å²) in [6.45, 7) is 3.48. The van der Waals surface area contributed by atoms with Crippen LogP contribution in [0.2, 0.25) is 0 Å². The molecule has 0 heterocycles. The quantitative estimate of drug-likeness (QED) is 0.835. The predicted octanol–water partition coefficient (Wildman–Crippen LogP) is 3.19. The molecule has 0 spiro atoms. The van der Waals surface area contributed by atoms with Crippen molar-refractivity contribution in [2.75, 3.05) is 11.9 Å². The van der Waals surface area contributed by atoms with Crippen molar-refractivity contribution in [3.8, 4) is 5.75 Å². The SMILES string of the molecule is CCOc1ccc(CNc2cccc(CO)c2)cc1. The molecule has 100 valence electrons. The van der Waals surface area contributed by atoms with Crippen molar-refractivity contribution in [1.29, 1.82) is 0 Å². The number of nitrogens with one attached hydrogen (secondary N) is 1. The molecule has 0 fully saturated rings. The Morgan fingerprint density at radius 3 is 2.53 bits per heavy atom. The first kappa shape index (κ1) is 13.4. The molecule has 0 unspecified atom stereocenters. The van der Waals surface area contributed by atoms with Gasteiger partial charge in [0.25, 0.3) is 0 Å². The van der Waals surface area contributed by atoms with Gasteiger partial charge in [0.1, 0.15) is 5.75 Å². The highest BCUT2D eigenvalue weighted by Crippen LogP contribution is 2.15. The van der Waals surface area contributed by atoms with Gasteiger partial charge < -0.3 is 15.2 Å². The number of ether oxygens (including phenoxy) is 1. The first-order valence-corrected chi connectivity index (χ1v) is 6.47. The second kappa shape index (κ2) is 6.81. The zero-order valence-electron chi connectivity index (χ0n) is 11.1. The molecule has 0 radical (unpaired) electrons. The van der Waals surface area contributed by atoms with Crippen LogP contribution in [0.25, 0.3) is 0 Å². The average Bonchev–Trinajstić information content (AvgIpc) is 2.47. The maximum Gasteiger partial charge on any atom is 0.119 e. The van der Waals surface area contributed by atoms with E-state index in [1.165, 1.54) is 5.56 Å². The lowest BCUT2D eigenvalue weighted by molar-refractivity contribution is 0.282. The molecule has 0 aliphatic rings. The van der Waals surface area contributed by atoms with E-state index < -0.39 is 0 Å². The Labute approximate surface area is 113 Å². The van der Waals surface area contributed by atoms with Crippen molar-refractivity contribution in [3.05, 3.63) is 59.7 Å². The summed E-state index contributed by atoms with van der Waals surface area (Å²) in [6.07, 6.45) is 0. The third kappa shape index (κ3) is 4.00. The minimum Gasteiger partial charge on any atom is -0.494 e. The summed E-state index contributed by atoms with van der Waals surface area (Å²) in [5.74, 6) is 0.897. The number of aliphatic hydroxyl groups is 1. The highest BCUT2D eigenvalue weighted by Gasteiger charge is 1.97. The van der Waals surface area contributed by atoms with Gasteiger partial charge in [0.2, 0.25) is 0 Å². The van der Waals surface area contributed by atoms with E-state index in [1.54, 1.807) is 0 Å². The molecule has 0 saturated heterocycles. The molecule has 0 amide bonds. The number of benzene rings is 2. The Kier molecular flexibility index (Phi) is 4.81. The van der Waals surface area contributed by atoms with Crippen LogP contribution in [0.5, 0.6) is 5.75 Å². The standard InChI is InChI=1S/C16H19NO2/c1-2-19-16-8-6-13(7-9-16)11-17-15-5-3-4-14(10-15)12-18/h3-10,17-18H,2,11-12H2,1H3. The van der Waals surface area contributed by atoms with Gasteiger partial charge in [-0.25, -0.2) is 0 Å². The minimum absolute atomic E-state index is 0.0680. The van der Waals surface area contributed by atoms with E-state index in [0.717, 1.165) is 23.5 Å². The molecule has 2 N–H and O–H groups in total. The fourth-order valence-corrected chi connectivity index (χ4v) is 1.85. The molecule has 19 heavy (non-hydrogen) atoms. The molecular weight excluding hydrogens is 238 g/mol. The monoisotopic (exact) mass is 257 g/mol. The van der Waals surface area contributed by atoms with Gasteiger partial charge in [-0.2, -0.15) is 0 Å². The van der Waals surface area contributed by atoms with Gasteiger partial charge in [-0.15, -0.1) is 0 Å². The lowest BCUT2D eigenvalue weighted by Gasteiger charge is -2.09. The van der Waals surface area contributed by atoms with Crippen LogP contribution in [0, 0.1) is 0 Å². The minimum atomic E-state index is 0.0680. The van der Waals surface area contributed by atoms with Crippen molar-refractivity contribution in [1.82, 2.24) is 0 Å². The number of anilines is 1. The van der Waals surface area contributed by atoms with Gasteiger partial charge in [-0.3, -0.25) is 0 Å². The smallest absolute Gasteiger partial charge is 0.119 e. The summed E-state index contributed by atoms with van der Waals surface area (Å²) in [6, 6.07) is 15.8. The molecule has 2 aromatic carbocycles. The van der Waals surface area contributed by atoms with Crippen molar-refractivity contribution in [2.45, 2.75) is 20.1 Å². The summed E-state index contributed by atoms with van der Waals surface area (Å²) >= 11 is 0. The molecule has 0 atom stereocenters. The lowest BCUT2D eigenvalue weighted by Crippen LogP contribution is -2.00. The highest BCUT2D eigenvalue weighted by molar-refractivity contribution is 5.46. The molecule has 0 aliphatic heterocycles. The van der Waals surface area contributed by atoms with E-state index in [1.807, 2.05) is 55.5 Å². The second-order valence-corrected chi connectivity index (χ2v) is 4.29. The maximum absolute atomic E-state index is 9.09. The number of hydrogen-bond donors (Lipinski definition) is 2. The van der Waals surface area contributed by atoms with Crippen LogP contribution < -0.4 is 10.1 Å². The molecule has 2 aromatic rings. The van der Waals surface area contributed by atoms with Gasteiger partial charge in [0.05, 0.1) is 13.2 Å². The van der Waals surface area contributed by atoms with Crippen molar-refractivity contribution in [2.24, 2.45) is 0 Å². The first-order chi connectivity index (χ1) is 9.31. The van der Waals surface area contributed by atoms with Gasteiger partial charge in [0.15, 0.2) is 0 Å². The molecule has 3 nitrogen and oxygen atoms in total. The third-order valence-corrected chi connectivity index (χ3v) is 2.84. The summed E-state index contributed by atoms with van der Waals surface area (Å²) in [5, 5.41) is 12.4. The molecule has 0 aromatic heterocycles. The van der Waals surface area contributed by atoms with Gasteiger partial charge >= 0.3 is 0 Å². The summed E-state index contributed by atoms with van der Waals surface area (Å²) in [5.41, 5.74) is 3.12. The number of aliphatic hydroxyl groups excluding tert-OH is 1. The van der Waals surface area contributed by atoms with E-state index in [0.29, 0.717) is 6.61 Å². The molecule has 3 heteroatoms. The van der Waals surface area contributed by atoms with Gasteiger partial charge in [-0.1, -0.05) is 24.3 Å². The number of rotatable bonds is 6. The molecular formula is C16H19NO2. The highest BCUT2D eigenvalue weighted by atomic mass is 16.5. The second-order valence-electron chi connectivity index (χ2n) is 4.29. The Morgan fingerprint density at radius 2 is 1.84 bits per heavy atom. The fraction of sp³-hybridized carbons (Fsp3) is 0.250. The first-order valence-electron chi connectivity index (χ1n) is 6.47.